The molecule has 2 fully saturated rings. The Morgan fingerprint density at radius 2 is 2.00 bits per heavy atom. The fourth-order valence-corrected chi connectivity index (χ4v) is 3.32. The monoisotopic (exact) mass is 225 g/mol. The molecule has 1 aliphatic heterocycles. The van der Waals surface area contributed by atoms with Crippen molar-refractivity contribution in [3.63, 3.8) is 0 Å². The highest BCUT2D eigenvalue weighted by molar-refractivity contribution is 4.84. The Balaban J connectivity index is 1.78. The van der Waals surface area contributed by atoms with Crippen LogP contribution in [0.5, 0.6) is 0 Å². The van der Waals surface area contributed by atoms with E-state index in [9.17, 15) is 0 Å². The smallest absolute Gasteiger partial charge is 0.0495 e. The first-order chi connectivity index (χ1) is 7.66. The topological polar surface area (TPSA) is 35.2 Å². The Hall–Kier alpha value is -0.0800. The first kappa shape index (κ1) is 12.4. The molecule has 0 spiro atoms. The molecule has 1 heterocycles. The average molecular weight is 225 g/mol. The van der Waals surface area contributed by atoms with Crippen molar-refractivity contribution < 1.29 is 4.74 Å². The number of rotatable bonds is 3. The molecule has 2 nitrogen and oxygen atoms in total. The van der Waals surface area contributed by atoms with Gasteiger partial charge in [-0.05, 0) is 49.4 Å². The Bertz CT molecular complexity index is 213. The minimum absolute atomic E-state index is 0.418. The quantitative estimate of drug-likeness (QED) is 0.801. The number of ether oxygens (including phenoxy) is 1. The van der Waals surface area contributed by atoms with Crippen LogP contribution in [0.3, 0.4) is 0 Å². The van der Waals surface area contributed by atoms with E-state index in [1.54, 1.807) is 0 Å². The Kier molecular flexibility index (Phi) is 4.26. The highest BCUT2D eigenvalue weighted by Gasteiger charge is 2.30. The maximum Gasteiger partial charge on any atom is 0.0495 e. The van der Waals surface area contributed by atoms with Gasteiger partial charge in [0.15, 0.2) is 0 Å². The molecule has 0 amide bonds. The summed E-state index contributed by atoms with van der Waals surface area (Å²) in [4.78, 5) is 0. The SMILES string of the molecule is CC1CCC(C(N)CC2CCOC2)CC1C. The number of hydrogen-bond acceptors (Lipinski definition) is 2. The molecule has 0 radical (unpaired) electrons. The lowest BCUT2D eigenvalue weighted by atomic mass is 9.72. The average Bonchev–Trinajstić information content (AvgIpc) is 2.74. The van der Waals surface area contributed by atoms with Gasteiger partial charge in [-0.2, -0.15) is 0 Å². The molecule has 0 bridgehead atoms. The summed E-state index contributed by atoms with van der Waals surface area (Å²) in [5.74, 6) is 3.28. The van der Waals surface area contributed by atoms with Crippen molar-refractivity contribution in [2.24, 2.45) is 29.4 Å². The second-order valence-corrected chi connectivity index (χ2v) is 6.16. The van der Waals surface area contributed by atoms with Crippen LogP contribution < -0.4 is 5.73 Å². The van der Waals surface area contributed by atoms with Crippen molar-refractivity contribution in [3.8, 4) is 0 Å². The summed E-state index contributed by atoms with van der Waals surface area (Å²) in [6, 6.07) is 0.418. The van der Waals surface area contributed by atoms with Gasteiger partial charge in [0.1, 0.15) is 0 Å². The summed E-state index contributed by atoms with van der Waals surface area (Å²) in [5, 5.41) is 0. The Labute approximate surface area is 99.9 Å². The van der Waals surface area contributed by atoms with Crippen LogP contribution in [-0.4, -0.2) is 19.3 Å². The molecule has 2 aliphatic rings. The van der Waals surface area contributed by atoms with Gasteiger partial charge in [0.05, 0.1) is 0 Å². The van der Waals surface area contributed by atoms with E-state index in [1.165, 1.54) is 32.1 Å². The second kappa shape index (κ2) is 5.50. The molecular formula is C14H27NO. The molecule has 94 valence electrons. The van der Waals surface area contributed by atoms with Crippen LogP contribution in [-0.2, 0) is 4.74 Å². The van der Waals surface area contributed by atoms with E-state index in [0.29, 0.717) is 6.04 Å². The lowest BCUT2D eigenvalue weighted by molar-refractivity contribution is 0.159. The van der Waals surface area contributed by atoms with Crippen LogP contribution in [0.25, 0.3) is 0 Å². The molecule has 0 aromatic carbocycles. The van der Waals surface area contributed by atoms with Gasteiger partial charge in [0.2, 0.25) is 0 Å². The Morgan fingerprint density at radius 3 is 2.62 bits per heavy atom. The van der Waals surface area contributed by atoms with Crippen LogP contribution >= 0.6 is 0 Å². The summed E-state index contributed by atoms with van der Waals surface area (Å²) in [6.07, 6.45) is 6.48. The van der Waals surface area contributed by atoms with Gasteiger partial charge in [-0.3, -0.25) is 0 Å². The molecule has 5 atom stereocenters. The van der Waals surface area contributed by atoms with E-state index < -0.39 is 0 Å². The van der Waals surface area contributed by atoms with Crippen LogP contribution in [0.15, 0.2) is 0 Å². The summed E-state index contributed by atoms with van der Waals surface area (Å²) < 4.78 is 5.43. The van der Waals surface area contributed by atoms with E-state index in [0.717, 1.165) is 36.9 Å². The summed E-state index contributed by atoms with van der Waals surface area (Å²) in [6.45, 7) is 6.68. The van der Waals surface area contributed by atoms with E-state index in [-0.39, 0.29) is 0 Å². The first-order valence-electron chi connectivity index (χ1n) is 7.00. The van der Waals surface area contributed by atoms with Crippen molar-refractivity contribution >= 4 is 0 Å². The van der Waals surface area contributed by atoms with Crippen molar-refractivity contribution in [3.05, 3.63) is 0 Å². The predicted molar refractivity (Wildman–Crippen MR) is 67.2 cm³/mol. The van der Waals surface area contributed by atoms with Gasteiger partial charge < -0.3 is 10.5 Å². The van der Waals surface area contributed by atoms with Gasteiger partial charge in [0.25, 0.3) is 0 Å². The Morgan fingerprint density at radius 1 is 1.19 bits per heavy atom. The molecule has 1 saturated carbocycles. The van der Waals surface area contributed by atoms with Crippen LogP contribution in [0.1, 0.15) is 46.0 Å². The molecule has 0 aromatic rings. The molecular weight excluding hydrogens is 198 g/mol. The highest BCUT2D eigenvalue weighted by Crippen LogP contribution is 2.36. The molecule has 0 aromatic heterocycles. The normalized spacial score (nSPS) is 42.2. The van der Waals surface area contributed by atoms with Crippen molar-refractivity contribution in [2.45, 2.75) is 52.0 Å². The molecule has 1 saturated heterocycles. The standard InChI is InChI=1S/C14H27NO/c1-10-3-4-13(7-11(10)2)14(15)8-12-5-6-16-9-12/h10-14H,3-9,15H2,1-2H3. The van der Waals surface area contributed by atoms with Gasteiger partial charge in [-0.15, -0.1) is 0 Å². The van der Waals surface area contributed by atoms with Crippen LogP contribution in [0.2, 0.25) is 0 Å². The third-order valence-corrected chi connectivity index (χ3v) is 4.87. The molecule has 2 N–H and O–H groups in total. The van der Waals surface area contributed by atoms with Crippen LogP contribution in [0, 0.1) is 23.7 Å². The van der Waals surface area contributed by atoms with E-state index in [1.807, 2.05) is 0 Å². The predicted octanol–water partition coefficient (Wildman–Crippen LogP) is 2.81. The summed E-state index contributed by atoms with van der Waals surface area (Å²) in [7, 11) is 0. The van der Waals surface area contributed by atoms with Gasteiger partial charge in [-0.1, -0.05) is 20.3 Å². The molecule has 2 heteroatoms. The molecule has 16 heavy (non-hydrogen) atoms. The maximum absolute atomic E-state index is 6.38. The van der Waals surface area contributed by atoms with Crippen molar-refractivity contribution in [1.29, 1.82) is 0 Å². The third kappa shape index (κ3) is 2.98. The van der Waals surface area contributed by atoms with E-state index in [2.05, 4.69) is 13.8 Å². The first-order valence-corrected chi connectivity index (χ1v) is 7.00. The zero-order chi connectivity index (χ0) is 11.5. The van der Waals surface area contributed by atoms with Gasteiger partial charge >= 0.3 is 0 Å². The summed E-state index contributed by atoms with van der Waals surface area (Å²) in [5.41, 5.74) is 6.38. The fourth-order valence-electron chi connectivity index (χ4n) is 3.32. The number of nitrogens with two attached hydrogens (primary N) is 1. The van der Waals surface area contributed by atoms with Gasteiger partial charge in [-0.25, -0.2) is 0 Å². The van der Waals surface area contributed by atoms with E-state index >= 15 is 0 Å². The summed E-state index contributed by atoms with van der Waals surface area (Å²) >= 11 is 0. The zero-order valence-corrected chi connectivity index (χ0v) is 10.8. The molecule has 5 unspecified atom stereocenters. The van der Waals surface area contributed by atoms with Crippen LogP contribution in [0.4, 0.5) is 0 Å². The second-order valence-electron chi connectivity index (χ2n) is 6.16. The van der Waals surface area contributed by atoms with E-state index in [4.69, 9.17) is 10.5 Å². The van der Waals surface area contributed by atoms with Gasteiger partial charge in [0, 0.05) is 19.3 Å². The largest absolute Gasteiger partial charge is 0.381 e. The molecule has 1 aliphatic carbocycles. The minimum atomic E-state index is 0.418. The van der Waals surface area contributed by atoms with Crippen molar-refractivity contribution in [1.82, 2.24) is 0 Å². The fraction of sp³-hybridized carbons (Fsp3) is 1.00. The lowest BCUT2D eigenvalue weighted by Crippen LogP contribution is -2.37. The van der Waals surface area contributed by atoms with Crippen molar-refractivity contribution in [2.75, 3.05) is 13.2 Å². The number of hydrogen-bond donors (Lipinski definition) is 1. The third-order valence-electron chi connectivity index (χ3n) is 4.87. The highest BCUT2D eigenvalue weighted by atomic mass is 16.5. The minimum Gasteiger partial charge on any atom is -0.381 e. The molecule has 2 rings (SSSR count). The maximum atomic E-state index is 6.38. The zero-order valence-electron chi connectivity index (χ0n) is 10.8. The lowest BCUT2D eigenvalue weighted by Gasteiger charge is -2.36.